The lowest BCUT2D eigenvalue weighted by Gasteiger charge is -2.37. The maximum Gasteiger partial charge on any atom is 0.407 e. The first kappa shape index (κ1) is 22.8. The van der Waals surface area contributed by atoms with Crippen molar-refractivity contribution in [2.24, 2.45) is 5.41 Å². The summed E-state index contributed by atoms with van der Waals surface area (Å²) in [5.74, 6) is -1.16. The van der Waals surface area contributed by atoms with Crippen LogP contribution in [0.1, 0.15) is 56.1 Å². The Bertz CT molecular complexity index is 1000. The van der Waals surface area contributed by atoms with Gasteiger partial charge in [0, 0.05) is 24.9 Å². The van der Waals surface area contributed by atoms with Crippen molar-refractivity contribution in [3.05, 3.63) is 59.7 Å². The first-order valence-corrected chi connectivity index (χ1v) is 11.5. The third-order valence-corrected chi connectivity index (χ3v) is 6.98. The standard InChI is InChI=1S/C26H30N2O5/c1-2-17(14-23(29)27-16-26(24(30)31)12-7-13-26)28-25(32)33-15-22-20-10-5-3-8-18(20)19-9-4-6-11-21(19)22/h3-6,8-11,17,22H,2,7,12-16H2,1H3,(H,27,29)(H,28,32)(H,30,31). The topological polar surface area (TPSA) is 105 Å². The first-order chi connectivity index (χ1) is 15.9. The summed E-state index contributed by atoms with van der Waals surface area (Å²) in [6.45, 7) is 2.22. The Labute approximate surface area is 193 Å². The first-order valence-electron chi connectivity index (χ1n) is 11.5. The van der Waals surface area contributed by atoms with E-state index in [0.717, 1.165) is 28.7 Å². The Kier molecular flexibility index (Phi) is 6.67. The van der Waals surface area contributed by atoms with Crippen LogP contribution in [0.2, 0.25) is 0 Å². The number of hydrogen-bond donors (Lipinski definition) is 3. The molecule has 0 spiro atoms. The molecule has 1 fully saturated rings. The minimum absolute atomic E-state index is 0.0267. The summed E-state index contributed by atoms with van der Waals surface area (Å²) in [5.41, 5.74) is 3.77. The molecule has 174 valence electrons. The minimum atomic E-state index is -0.863. The zero-order chi connectivity index (χ0) is 23.4. The van der Waals surface area contributed by atoms with Gasteiger partial charge in [-0.15, -0.1) is 0 Å². The molecule has 4 rings (SSSR count). The highest BCUT2D eigenvalue weighted by Crippen LogP contribution is 2.44. The molecule has 0 heterocycles. The second-order valence-corrected chi connectivity index (χ2v) is 8.99. The van der Waals surface area contributed by atoms with Crippen molar-refractivity contribution in [1.82, 2.24) is 10.6 Å². The fourth-order valence-electron chi connectivity index (χ4n) is 4.74. The van der Waals surface area contributed by atoms with Gasteiger partial charge in [-0.1, -0.05) is 61.9 Å². The molecule has 0 bridgehead atoms. The molecule has 0 aromatic heterocycles. The van der Waals surface area contributed by atoms with Crippen molar-refractivity contribution in [3.8, 4) is 11.1 Å². The molecule has 1 unspecified atom stereocenters. The quantitative estimate of drug-likeness (QED) is 0.534. The van der Waals surface area contributed by atoms with Gasteiger partial charge in [-0.3, -0.25) is 9.59 Å². The van der Waals surface area contributed by atoms with Crippen molar-refractivity contribution in [2.45, 2.75) is 51.0 Å². The number of carboxylic acid groups (broad SMARTS) is 1. The van der Waals surface area contributed by atoms with E-state index in [2.05, 4.69) is 34.9 Å². The molecule has 1 saturated carbocycles. The zero-order valence-electron chi connectivity index (χ0n) is 18.8. The second kappa shape index (κ2) is 9.65. The van der Waals surface area contributed by atoms with E-state index in [1.54, 1.807) is 0 Å². The summed E-state index contributed by atoms with van der Waals surface area (Å²) in [7, 11) is 0. The van der Waals surface area contributed by atoms with E-state index in [-0.39, 0.29) is 37.4 Å². The minimum Gasteiger partial charge on any atom is -0.481 e. The van der Waals surface area contributed by atoms with Crippen LogP contribution in [0.5, 0.6) is 0 Å². The van der Waals surface area contributed by atoms with Crippen LogP contribution in [0.4, 0.5) is 4.79 Å². The predicted octanol–water partition coefficient (Wildman–Crippen LogP) is 4.06. The molecule has 7 nitrogen and oxygen atoms in total. The van der Waals surface area contributed by atoms with Crippen LogP contribution in [-0.4, -0.2) is 42.3 Å². The number of carbonyl (C=O) groups excluding carboxylic acids is 2. The van der Waals surface area contributed by atoms with Gasteiger partial charge < -0.3 is 20.5 Å². The van der Waals surface area contributed by atoms with Gasteiger partial charge in [0.05, 0.1) is 5.41 Å². The van der Waals surface area contributed by atoms with Crippen LogP contribution in [0.15, 0.2) is 48.5 Å². The molecule has 7 heteroatoms. The number of aliphatic carboxylic acids is 1. The molecule has 3 N–H and O–H groups in total. The van der Waals surface area contributed by atoms with Crippen molar-refractivity contribution in [2.75, 3.05) is 13.2 Å². The van der Waals surface area contributed by atoms with Crippen LogP contribution in [0.3, 0.4) is 0 Å². The second-order valence-electron chi connectivity index (χ2n) is 8.99. The molecule has 2 amide bonds. The third-order valence-electron chi connectivity index (χ3n) is 6.98. The molecule has 1 atom stereocenters. The fraction of sp³-hybridized carbons (Fsp3) is 0.423. The predicted molar refractivity (Wildman–Crippen MR) is 124 cm³/mol. The highest BCUT2D eigenvalue weighted by atomic mass is 16.5. The van der Waals surface area contributed by atoms with Gasteiger partial charge in [0.25, 0.3) is 0 Å². The molecule has 2 aromatic rings. The molecular weight excluding hydrogens is 420 g/mol. The zero-order valence-corrected chi connectivity index (χ0v) is 18.8. The fourth-order valence-corrected chi connectivity index (χ4v) is 4.74. The van der Waals surface area contributed by atoms with Crippen LogP contribution in [0.25, 0.3) is 11.1 Å². The van der Waals surface area contributed by atoms with E-state index in [0.29, 0.717) is 19.3 Å². The summed E-state index contributed by atoms with van der Waals surface area (Å²) in [6, 6.07) is 15.9. The lowest BCUT2D eigenvalue weighted by atomic mass is 9.69. The van der Waals surface area contributed by atoms with Crippen LogP contribution >= 0.6 is 0 Å². The third kappa shape index (κ3) is 4.72. The average Bonchev–Trinajstić information content (AvgIpc) is 3.10. The van der Waals surface area contributed by atoms with Crippen molar-refractivity contribution in [3.63, 3.8) is 0 Å². The maximum absolute atomic E-state index is 12.5. The average molecular weight is 451 g/mol. The molecule has 2 aliphatic carbocycles. The summed E-state index contributed by atoms with van der Waals surface area (Å²) in [4.78, 5) is 36.3. The van der Waals surface area contributed by atoms with Crippen LogP contribution in [0, 0.1) is 5.41 Å². The summed E-state index contributed by atoms with van der Waals surface area (Å²) >= 11 is 0. The summed E-state index contributed by atoms with van der Waals surface area (Å²) < 4.78 is 5.57. The van der Waals surface area contributed by atoms with Crippen LogP contribution < -0.4 is 10.6 Å². The largest absolute Gasteiger partial charge is 0.481 e. The number of nitrogens with one attached hydrogen (secondary N) is 2. The van der Waals surface area contributed by atoms with Gasteiger partial charge in [0.2, 0.25) is 5.91 Å². The Morgan fingerprint density at radius 3 is 2.18 bits per heavy atom. The maximum atomic E-state index is 12.5. The number of fused-ring (bicyclic) bond motifs is 3. The number of carboxylic acids is 1. The van der Waals surface area contributed by atoms with Gasteiger partial charge in [0.15, 0.2) is 0 Å². The molecule has 0 radical (unpaired) electrons. The summed E-state index contributed by atoms with van der Waals surface area (Å²) in [5, 5.41) is 14.9. The number of hydrogen-bond acceptors (Lipinski definition) is 4. The molecule has 33 heavy (non-hydrogen) atoms. The number of benzene rings is 2. The number of carbonyl (C=O) groups is 3. The molecule has 2 aromatic carbocycles. The Balaban J connectivity index is 1.29. The van der Waals surface area contributed by atoms with Gasteiger partial charge in [-0.2, -0.15) is 0 Å². The Morgan fingerprint density at radius 1 is 1.06 bits per heavy atom. The van der Waals surface area contributed by atoms with Crippen molar-refractivity contribution >= 4 is 18.0 Å². The van der Waals surface area contributed by atoms with Gasteiger partial charge >= 0.3 is 12.1 Å². The molecule has 0 aliphatic heterocycles. The molecule has 0 saturated heterocycles. The van der Waals surface area contributed by atoms with E-state index in [9.17, 15) is 19.5 Å². The van der Waals surface area contributed by atoms with Gasteiger partial charge in [-0.25, -0.2) is 4.79 Å². The lowest BCUT2D eigenvalue weighted by Crippen LogP contribution is -2.48. The van der Waals surface area contributed by atoms with E-state index in [1.165, 1.54) is 0 Å². The van der Waals surface area contributed by atoms with Gasteiger partial charge in [0.1, 0.15) is 6.61 Å². The SMILES string of the molecule is CCC(CC(=O)NCC1(C(=O)O)CCC1)NC(=O)OCC1c2ccccc2-c2ccccc21. The number of alkyl carbamates (subject to hydrolysis) is 1. The Hall–Kier alpha value is -3.35. The van der Waals surface area contributed by atoms with E-state index in [4.69, 9.17) is 4.74 Å². The van der Waals surface area contributed by atoms with E-state index < -0.39 is 17.5 Å². The smallest absolute Gasteiger partial charge is 0.407 e. The van der Waals surface area contributed by atoms with E-state index in [1.807, 2.05) is 31.2 Å². The molecular formula is C26H30N2O5. The number of amides is 2. The van der Waals surface area contributed by atoms with Crippen molar-refractivity contribution in [1.29, 1.82) is 0 Å². The van der Waals surface area contributed by atoms with E-state index >= 15 is 0 Å². The monoisotopic (exact) mass is 450 g/mol. The Morgan fingerprint density at radius 2 is 1.67 bits per heavy atom. The number of ether oxygens (including phenoxy) is 1. The lowest BCUT2D eigenvalue weighted by molar-refractivity contribution is -0.154. The van der Waals surface area contributed by atoms with Gasteiger partial charge in [-0.05, 0) is 41.5 Å². The normalized spacial score (nSPS) is 16.6. The van der Waals surface area contributed by atoms with Crippen molar-refractivity contribution < 1.29 is 24.2 Å². The van der Waals surface area contributed by atoms with Crippen LogP contribution in [-0.2, 0) is 14.3 Å². The summed E-state index contributed by atoms with van der Waals surface area (Å²) in [6.07, 6.45) is 2.11. The highest BCUT2D eigenvalue weighted by Gasteiger charge is 2.44. The number of rotatable bonds is 9. The molecule has 2 aliphatic rings. The highest BCUT2D eigenvalue weighted by molar-refractivity contribution is 5.81.